The minimum absolute atomic E-state index is 0. The maximum Gasteiger partial charge on any atom is 0.503 e. The number of hydrogen-bond donors (Lipinski definition) is 2. The van der Waals surface area contributed by atoms with Gasteiger partial charge in [0.2, 0.25) is 0 Å². The van der Waals surface area contributed by atoms with Gasteiger partial charge in [-0.15, -0.1) is 0 Å². The smallest absolute Gasteiger partial charge is 0.450 e. The number of hydrogen-bond acceptors (Lipinski definition) is 1. The number of carbonyl (C=O) groups is 1. The first kappa shape index (κ1) is 9.15. The Kier molecular flexibility index (Phi) is 8.43. The third-order valence-corrected chi connectivity index (χ3v) is 0. The zero-order chi connectivity index (χ0) is 3.58. The summed E-state index contributed by atoms with van der Waals surface area (Å²) in [6, 6.07) is 0. The van der Waals surface area contributed by atoms with Crippen LogP contribution in [0.4, 0.5) is 4.79 Å². The molecular formula is CH2O3Pm. The van der Waals surface area contributed by atoms with Gasteiger partial charge in [-0.3, -0.25) is 0 Å². The summed E-state index contributed by atoms with van der Waals surface area (Å²) < 4.78 is 0. The molecule has 0 saturated carbocycles. The summed E-state index contributed by atoms with van der Waals surface area (Å²) in [5.41, 5.74) is 0. The SMILES string of the molecule is O=C(O)O.[Pm]. The monoisotopic (exact) mass is 207 g/mol. The number of rotatable bonds is 0. The molecule has 5 heavy (non-hydrogen) atoms. The van der Waals surface area contributed by atoms with Crippen molar-refractivity contribution >= 4 is 6.16 Å². The summed E-state index contributed by atoms with van der Waals surface area (Å²) >= 11 is 0. The molecule has 0 aromatic rings. The van der Waals surface area contributed by atoms with Crippen LogP contribution in [0.5, 0.6) is 0 Å². The predicted octanol–water partition coefficient (Wildman–Crippen LogP) is 0.222. The molecule has 4 heteroatoms. The Morgan fingerprint density at radius 2 is 1.40 bits per heavy atom. The topological polar surface area (TPSA) is 57.5 Å². The van der Waals surface area contributed by atoms with Crippen LogP contribution in [0.25, 0.3) is 0 Å². The summed E-state index contributed by atoms with van der Waals surface area (Å²) in [4.78, 5) is 8.56. The quantitative estimate of drug-likeness (QED) is 0.597. The van der Waals surface area contributed by atoms with Gasteiger partial charge in [0.05, 0.1) is 0 Å². The Labute approximate surface area is 61.1 Å². The van der Waals surface area contributed by atoms with Gasteiger partial charge >= 0.3 is 6.16 Å². The Morgan fingerprint density at radius 1 is 1.40 bits per heavy atom. The van der Waals surface area contributed by atoms with E-state index in [1.54, 1.807) is 0 Å². The largest absolute Gasteiger partial charge is 0.503 e. The van der Waals surface area contributed by atoms with Gasteiger partial charge < -0.3 is 10.2 Å². The molecule has 3 nitrogen and oxygen atoms in total. The van der Waals surface area contributed by atoms with Crippen LogP contribution in [-0.4, -0.2) is 16.4 Å². The minimum Gasteiger partial charge on any atom is -0.450 e. The molecule has 0 spiro atoms. The van der Waals surface area contributed by atoms with E-state index in [-0.39, 0.29) is 40.4 Å². The fourth-order valence-electron chi connectivity index (χ4n) is 0. The normalized spacial score (nSPS) is 4.80. The van der Waals surface area contributed by atoms with E-state index >= 15 is 0 Å². The summed E-state index contributed by atoms with van der Waals surface area (Å²) in [6.45, 7) is 0. The van der Waals surface area contributed by atoms with Crippen LogP contribution < -0.4 is 0 Å². The van der Waals surface area contributed by atoms with Crippen molar-refractivity contribution in [2.24, 2.45) is 0 Å². The zero-order valence-electron chi connectivity index (χ0n) is 2.25. The third-order valence-electron chi connectivity index (χ3n) is 0. The Balaban J connectivity index is 0. The van der Waals surface area contributed by atoms with Gasteiger partial charge in [-0.1, -0.05) is 0 Å². The molecule has 0 aromatic heterocycles. The Morgan fingerprint density at radius 3 is 1.40 bits per heavy atom. The first-order valence-electron chi connectivity index (χ1n) is 0.651. The van der Waals surface area contributed by atoms with Gasteiger partial charge in [-0.25, -0.2) is 4.79 Å². The van der Waals surface area contributed by atoms with Crippen molar-refractivity contribution in [3.05, 3.63) is 0 Å². The van der Waals surface area contributed by atoms with Gasteiger partial charge in [-0.05, 0) is 0 Å². The van der Waals surface area contributed by atoms with E-state index in [1.807, 2.05) is 0 Å². The first-order valence-corrected chi connectivity index (χ1v) is 0.651. The molecule has 0 saturated heterocycles. The Bertz CT molecular complexity index is 29.9. The molecular weight excluding hydrogens is 205 g/mol. The maximum absolute atomic E-state index is 8.56. The third kappa shape index (κ3) is 84.9. The van der Waals surface area contributed by atoms with E-state index in [0.29, 0.717) is 0 Å². The van der Waals surface area contributed by atoms with Crippen molar-refractivity contribution in [1.29, 1.82) is 0 Å². The fraction of sp³-hybridized carbons (Fsp3) is 0. The van der Waals surface area contributed by atoms with Crippen LogP contribution in [0.1, 0.15) is 0 Å². The van der Waals surface area contributed by atoms with Crippen molar-refractivity contribution < 1.29 is 55.4 Å². The average molecular weight is 207 g/mol. The second-order valence-electron chi connectivity index (χ2n) is 0.283. The van der Waals surface area contributed by atoms with Crippen LogP contribution >= 0.6 is 0 Å². The molecule has 0 aromatic carbocycles. The molecule has 29 valence electrons. The van der Waals surface area contributed by atoms with Crippen molar-refractivity contribution in [2.45, 2.75) is 0 Å². The molecule has 0 aliphatic rings. The van der Waals surface area contributed by atoms with Crippen molar-refractivity contribution in [2.75, 3.05) is 0 Å². The van der Waals surface area contributed by atoms with E-state index in [9.17, 15) is 0 Å². The second kappa shape index (κ2) is 4.61. The minimum atomic E-state index is -1.83. The van der Waals surface area contributed by atoms with Crippen molar-refractivity contribution in [3.8, 4) is 0 Å². The summed E-state index contributed by atoms with van der Waals surface area (Å²) in [5.74, 6) is 0. The van der Waals surface area contributed by atoms with Gasteiger partial charge in [0.1, 0.15) is 0 Å². The van der Waals surface area contributed by atoms with Crippen molar-refractivity contribution in [1.82, 2.24) is 0 Å². The van der Waals surface area contributed by atoms with Crippen molar-refractivity contribution in [3.63, 3.8) is 0 Å². The predicted molar refractivity (Wildman–Crippen MR) is 10.7 cm³/mol. The molecule has 2 N–H and O–H groups in total. The molecule has 0 rings (SSSR count). The average Bonchev–Trinajstić information content (AvgIpc) is 0.811. The molecule has 0 aliphatic carbocycles. The maximum atomic E-state index is 8.56. The van der Waals surface area contributed by atoms with Crippen LogP contribution in [0.2, 0.25) is 0 Å². The van der Waals surface area contributed by atoms with E-state index in [1.165, 1.54) is 0 Å². The summed E-state index contributed by atoms with van der Waals surface area (Å²) in [6.07, 6.45) is -1.83. The van der Waals surface area contributed by atoms with Crippen LogP contribution in [0.15, 0.2) is 0 Å². The molecule has 0 atom stereocenters. The fourth-order valence-corrected chi connectivity index (χ4v) is 0. The van der Waals surface area contributed by atoms with E-state index in [4.69, 9.17) is 15.0 Å². The van der Waals surface area contributed by atoms with Gasteiger partial charge in [-0.2, -0.15) is 0 Å². The second-order valence-corrected chi connectivity index (χ2v) is 0.283. The molecule has 1 radical (unpaired) electrons. The van der Waals surface area contributed by atoms with Gasteiger partial charge in [0, 0.05) is 40.4 Å². The van der Waals surface area contributed by atoms with E-state index < -0.39 is 6.16 Å². The van der Waals surface area contributed by atoms with E-state index in [0.717, 1.165) is 0 Å². The van der Waals surface area contributed by atoms with Gasteiger partial charge in [0.25, 0.3) is 0 Å². The molecule has 0 fully saturated rings. The number of carboxylic acid groups (broad SMARTS) is 2. The van der Waals surface area contributed by atoms with Crippen LogP contribution in [-0.2, 0) is 0 Å². The van der Waals surface area contributed by atoms with Crippen LogP contribution in [0.3, 0.4) is 0 Å². The standard InChI is InChI=1S/CH2O3.Pm/c2-1(3)4;/h(H2,2,3,4);. The first-order chi connectivity index (χ1) is 1.73. The van der Waals surface area contributed by atoms with E-state index in [2.05, 4.69) is 0 Å². The molecule has 0 heterocycles. The molecule has 0 amide bonds. The molecule has 0 aliphatic heterocycles. The summed E-state index contributed by atoms with van der Waals surface area (Å²) in [5, 5.41) is 13.9. The molecule has 0 unspecified atom stereocenters. The summed E-state index contributed by atoms with van der Waals surface area (Å²) in [7, 11) is 0. The van der Waals surface area contributed by atoms with Gasteiger partial charge in [0.15, 0.2) is 0 Å². The zero-order valence-corrected chi connectivity index (χ0v) is 5.12. The molecule has 0 bridgehead atoms. The van der Waals surface area contributed by atoms with Crippen LogP contribution in [0, 0.1) is 40.4 Å². The Hall–Kier alpha value is 0.608.